The molecule has 3 aromatic rings. The van der Waals surface area contributed by atoms with E-state index in [9.17, 15) is 19.1 Å². The number of rotatable bonds is 8. The summed E-state index contributed by atoms with van der Waals surface area (Å²) in [5.41, 5.74) is 1.65. The molecular weight excluding hydrogens is 465 g/mol. The fourth-order valence-corrected chi connectivity index (χ4v) is 4.32. The normalized spacial score (nSPS) is 16.8. The second kappa shape index (κ2) is 10.5. The lowest BCUT2D eigenvalue weighted by molar-refractivity contribution is -0.139. The third kappa shape index (κ3) is 4.75. The average Bonchev–Trinajstić information content (AvgIpc) is 3.16. The summed E-state index contributed by atoms with van der Waals surface area (Å²) in [5, 5.41) is 11.1. The molecule has 0 aromatic heterocycles. The molecule has 1 aliphatic rings. The number of hydrogen-bond acceptors (Lipinski definition) is 6. The van der Waals surface area contributed by atoms with Crippen molar-refractivity contribution in [3.63, 3.8) is 0 Å². The Hall–Kier alpha value is -4.33. The SMILES string of the molecule is COc1cccc(C2/C(=C(\O)c3ccc(F)cc3)C(=O)C(=O)N2CCc2ccc(OC)c(OC)c2)c1. The maximum Gasteiger partial charge on any atom is 0.295 e. The lowest BCUT2D eigenvalue weighted by atomic mass is 9.95. The van der Waals surface area contributed by atoms with Crippen molar-refractivity contribution in [3.8, 4) is 17.2 Å². The van der Waals surface area contributed by atoms with Crippen LogP contribution in [0.3, 0.4) is 0 Å². The summed E-state index contributed by atoms with van der Waals surface area (Å²) >= 11 is 0. The fourth-order valence-electron chi connectivity index (χ4n) is 4.32. The zero-order chi connectivity index (χ0) is 25.8. The Bertz CT molecular complexity index is 1320. The number of likely N-dealkylation sites (tertiary alicyclic amines) is 1. The van der Waals surface area contributed by atoms with Gasteiger partial charge >= 0.3 is 0 Å². The number of ketones is 1. The molecule has 186 valence electrons. The van der Waals surface area contributed by atoms with Crippen LogP contribution in [0.5, 0.6) is 17.2 Å². The molecule has 1 unspecified atom stereocenters. The van der Waals surface area contributed by atoms with Crippen molar-refractivity contribution in [2.75, 3.05) is 27.9 Å². The summed E-state index contributed by atoms with van der Waals surface area (Å²) in [6.07, 6.45) is 0.421. The lowest BCUT2D eigenvalue weighted by Gasteiger charge is -2.26. The number of aliphatic hydroxyl groups is 1. The van der Waals surface area contributed by atoms with Crippen LogP contribution in [-0.4, -0.2) is 49.6 Å². The van der Waals surface area contributed by atoms with E-state index in [1.54, 1.807) is 44.6 Å². The molecule has 0 saturated carbocycles. The number of aliphatic hydroxyl groups excluding tert-OH is 1. The molecular formula is C28H26FNO6. The minimum absolute atomic E-state index is 0.0628. The number of carbonyl (C=O) groups excluding carboxylic acids is 2. The van der Waals surface area contributed by atoms with Gasteiger partial charge in [-0.25, -0.2) is 4.39 Å². The molecule has 0 radical (unpaired) electrons. The molecule has 0 bridgehead atoms. The summed E-state index contributed by atoms with van der Waals surface area (Å²) in [6, 6.07) is 16.7. The monoisotopic (exact) mass is 491 g/mol. The first kappa shape index (κ1) is 24.8. The van der Waals surface area contributed by atoms with Gasteiger partial charge in [0.2, 0.25) is 0 Å². The molecule has 1 fully saturated rings. The molecule has 1 heterocycles. The summed E-state index contributed by atoms with van der Waals surface area (Å²) in [7, 11) is 4.61. The van der Waals surface area contributed by atoms with E-state index in [2.05, 4.69) is 0 Å². The highest BCUT2D eigenvalue weighted by atomic mass is 19.1. The predicted octanol–water partition coefficient (Wildman–Crippen LogP) is 4.52. The largest absolute Gasteiger partial charge is 0.507 e. The lowest BCUT2D eigenvalue weighted by Crippen LogP contribution is -2.31. The number of halogens is 1. The Morgan fingerprint density at radius 2 is 1.64 bits per heavy atom. The van der Waals surface area contributed by atoms with Crippen LogP contribution in [0.4, 0.5) is 4.39 Å². The molecule has 1 saturated heterocycles. The second-order valence-electron chi connectivity index (χ2n) is 8.22. The molecule has 1 N–H and O–H groups in total. The summed E-state index contributed by atoms with van der Waals surface area (Å²) in [5.74, 6) is -0.709. The van der Waals surface area contributed by atoms with Gasteiger partial charge in [0.1, 0.15) is 17.3 Å². The molecule has 1 amide bonds. The Kier molecular flexibility index (Phi) is 7.24. The van der Waals surface area contributed by atoms with E-state index >= 15 is 0 Å². The zero-order valence-electron chi connectivity index (χ0n) is 20.2. The van der Waals surface area contributed by atoms with Crippen LogP contribution >= 0.6 is 0 Å². The first-order valence-corrected chi connectivity index (χ1v) is 11.3. The summed E-state index contributed by atoms with van der Waals surface area (Å²) in [4.78, 5) is 27.8. The molecule has 8 heteroatoms. The van der Waals surface area contributed by atoms with Crippen LogP contribution in [0.15, 0.2) is 72.3 Å². The van der Waals surface area contributed by atoms with E-state index < -0.39 is 23.5 Å². The van der Waals surface area contributed by atoms with Crippen molar-refractivity contribution < 1.29 is 33.3 Å². The number of methoxy groups -OCH3 is 3. The van der Waals surface area contributed by atoms with Crippen molar-refractivity contribution in [3.05, 3.63) is 94.8 Å². The van der Waals surface area contributed by atoms with Crippen LogP contribution in [-0.2, 0) is 16.0 Å². The van der Waals surface area contributed by atoms with E-state index in [1.807, 2.05) is 12.1 Å². The Morgan fingerprint density at radius 1 is 0.917 bits per heavy atom. The third-order valence-electron chi connectivity index (χ3n) is 6.16. The van der Waals surface area contributed by atoms with Crippen molar-refractivity contribution in [2.45, 2.75) is 12.5 Å². The highest BCUT2D eigenvalue weighted by molar-refractivity contribution is 6.46. The van der Waals surface area contributed by atoms with Gasteiger partial charge in [0.25, 0.3) is 11.7 Å². The Balaban J connectivity index is 1.75. The number of hydrogen-bond donors (Lipinski definition) is 1. The van der Waals surface area contributed by atoms with Gasteiger partial charge in [0.15, 0.2) is 11.5 Å². The quantitative estimate of drug-likeness (QED) is 0.283. The standard InChI is InChI=1S/C28H26FNO6/c1-34-21-6-4-5-19(16-21)25-24(26(31)18-8-10-20(29)11-9-18)27(32)28(33)30(25)14-13-17-7-12-22(35-2)23(15-17)36-3/h4-12,15-16,25,31H,13-14H2,1-3H3/b26-24+. The fraction of sp³-hybridized carbons (Fsp3) is 0.214. The number of carbonyl (C=O) groups is 2. The van der Waals surface area contributed by atoms with Gasteiger partial charge in [-0.3, -0.25) is 9.59 Å². The maximum atomic E-state index is 13.5. The predicted molar refractivity (Wildman–Crippen MR) is 132 cm³/mol. The molecule has 1 atom stereocenters. The molecule has 0 aliphatic carbocycles. The molecule has 3 aromatic carbocycles. The maximum absolute atomic E-state index is 13.5. The molecule has 0 spiro atoms. The molecule has 1 aliphatic heterocycles. The average molecular weight is 492 g/mol. The first-order chi connectivity index (χ1) is 17.4. The van der Waals surface area contributed by atoms with Crippen LogP contribution in [0.25, 0.3) is 5.76 Å². The number of nitrogens with zero attached hydrogens (tertiary/aromatic N) is 1. The number of amides is 1. The number of Topliss-reactive ketones (excluding diaryl/α,β-unsaturated/α-hetero) is 1. The van der Waals surface area contributed by atoms with Crippen LogP contribution in [0, 0.1) is 5.82 Å². The van der Waals surface area contributed by atoms with Crippen molar-refractivity contribution in [1.82, 2.24) is 4.90 Å². The van der Waals surface area contributed by atoms with E-state index in [-0.39, 0.29) is 23.4 Å². The Morgan fingerprint density at radius 3 is 2.31 bits per heavy atom. The minimum Gasteiger partial charge on any atom is -0.507 e. The van der Waals surface area contributed by atoms with Crippen molar-refractivity contribution >= 4 is 17.4 Å². The first-order valence-electron chi connectivity index (χ1n) is 11.3. The van der Waals surface area contributed by atoms with Crippen LogP contribution in [0.2, 0.25) is 0 Å². The zero-order valence-corrected chi connectivity index (χ0v) is 20.2. The van der Waals surface area contributed by atoms with Crippen LogP contribution < -0.4 is 14.2 Å². The van der Waals surface area contributed by atoms with Gasteiger partial charge < -0.3 is 24.2 Å². The highest BCUT2D eigenvalue weighted by Crippen LogP contribution is 2.40. The van der Waals surface area contributed by atoms with E-state index in [0.29, 0.717) is 29.2 Å². The van der Waals surface area contributed by atoms with E-state index in [0.717, 1.165) is 5.56 Å². The smallest absolute Gasteiger partial charge is 0.295 e. The van der Waals surface area contributed by atoms with E-state index in [1.165, 1.54) is 36.3 Å². The van der Waals surface area contributed by atoms with Gasteiger partial charge in [-0.2, -0.15) is 0 Å². The van der Waals surface area contributed by atoms with Gasteiger partial charge in [-0.15, -0.1) is 0 Å². The van der Waals surface area contributed by atoms with Gasteiger partial charge in [0.05, 0.1) is 32.9 Å². The highest BCUT2D eigenvalue weighted by Gasteiger charge is 2.46. The second-order valence-corrected chi connectivity index (χ2v) is 8.22. The van der Waals surface area contributed by atoms with Crippen molar-refractivity contribution in [1.29, 1.82) is 0 Å². The summed E-state index contributed by atoms with van der Waals surface area (Å²) < 4.78 is 29.4. The van der Waals surface area contributed by atoms with Gasteiger partial charge in [-0.05, 0) is 66.1 Å². The van der Waals surface area contributed by atoms with Gasteiger partial charge in [0, 0.05) is 12.1 Å². The number of ether oxygens (including phenoxy) is 3. The van der Waals surface area contributed by atoms with Gasteiger partial charge in [-0.1, -0.05) is 18.2 Å². The van der Waals surface area contributed by atoms with E-state index in [4.69, 9.17) is 14.2 Å². The topological polar surface area (TPSA) is 85.3 Å². The summed E-state index contributed by atoms with van der Waals surface area (Å²) in [6.45, 7) is 0.197. The molecule has 4 rings (SSSR count). The molecule has 36 heavy (non-hydrogen) atoms. The third-order valence-corrected chi connectivity index (χ3v) is 6.16. The number of benzene rings is 3. The Labute approximate surface area is 208 Å². The molecule has 7 nitrogen and oxygen atoms in total. The van der Waals surface area contributed by atoms with Crippen molar-refractivity contribution in [2.24, 2.45) is 0 Å². The van der Waals surface area contributed by atoms with Crippen LogP contribution in [0.1, 0.15) is 22.7 Å². The minimum atomic E-state index is -0.856.